The van der Waals surface area contributed by atoms with Gasteiger partial charge in [-0.3, -0.25) is 9.48 Å². The number of fused-ring (bicyclic) bond motifs is 1. The summed E-state index contributed by atoms with van der Waals surface area (Å²) >= 11 is 6.19. The summed E-state index contributed by atoms with van der Waals surface area (Å²) in [6.07, 6.45) is -0.295. The largest absolute Gasteiger partial charge is 0.479 e. The van der Waals surface area contributed by atoms with Crippen LogP contribution in [0.15, 0.2) is 24.3 Å². The molecule has 1 unspecified atom stereocenters. The van der Waals surface area contributed by atoms with Gasteiger partial charge in [-0.25, -0.2) is 0 Å². The summed E-state index contributed by atoms with van der Waals surface area (Å²) in [6, 6.07) is 7.59. The summed E-state index contributed by atoms with van der Waals surface area (Å²) in [7, 11) is 1.79. The van der Waals surface area contributed by atoms with Gasteiger partial charge in [-0.05, 0) is 19.1 Å². The van der Waals surface area contributed by atoms with Crippen LogP contribution in [0.1, 0.15) is 11.4 Å². The molecular formula is C15H16ClN3O2. The van der Waals surface area contributed by atoms with Crippen molar-refractivity contribution in [3.63, 3.8) is 0 Å². The highest BCUT2D eigenvalue weighted by molar-refractivity contribution is 6.32. The highest BCUT2D eigenvalue weighted by Gasteiger charge is 2.27. The minimum absolute atomic E-state index is 0.0121. The van der Waals surface area contributed by atoms with Crippen LogP contribution in [0.25, 0.3) is 0 Å². The Morgan fingerprint density at radius 1 is 1.52 bits per heavy atom. The minimum Gasteiger partial charge on any atom is -0.479 e. The second kappa shape index (κ2) is 5.41. The molecule has 0 saturated carbocycles. The van der Waals surface area contributed by atoms with Crippen LogP contribution in [0.2, 0.25) is 5.02 Å². The number of aromatic nitrogens is 2. The van der Waals surface area contributed by atoms with Crippen molar-refractivity contribution in [2.75, 3.05) is 11.9 Å². The molecular weight excluding hydrogens is 290 g/mol. The standard InChI is InChI=1S/C15H16ClN3O2/c1-9-15(16)11(19(2)18-9)7-12(20)14-8-17-10-5-3-4-6-13(10)21-14/h3-6,14,17H,7-8H2,1-2H3. The number of nitrogens with zero attached hydrogens (tertiary/aromatic N) is 2. The van der Waals surface area contributed by atoms with Crippen LogP contribution in [0.3, 0.4) is 0 Å². The molecule has 2 aromatic rings. The topological polar surface area (TPSA) is 56.2 Å². The van der Waals surface area contributed by atoms with Crippen LogP contribution in [0, 0.1) is 6.92 Å². The molecule has 2 heterocycles. The first-order valence-electron chi connectivity index (χ1n) is 6.76. The molecule has 21 heavy (non-hydrogen) atoms. The fraction of sp³-hybridized carbons (Fsp3) is 0.333. The van der Waals surface area contributed by atoms with Crippen LogP contribution >= 0.6 is 11.6 Å². The Hall–Kier alpha value is -2.01. The molecule has 110 valence electrons. The molecule has 0 radical (unpaired) electrons. The average Bonchev–Trinajstić information content (AvgIpc) is 2.73. The number of anilines is 1. The summed E-state index contributed by atoms with van der Waals surface area (Å²) in [5.41, 5.74) is 2.37. The molecule has 0 saturated heterocycles. The molecule has 5 nitrogen and oxygen atoms in total. The van der Waals surface area contributed by atoms with Crippen molar-refractivity contribution in [3.05, 3.63) is 40.7 Å². The molecule has 1 N–H and O–H groups in total. The Kier molecular flexibility index (Phi) is 3.59. The normalized spacial score (nSPS) is 16.8. The van der Waals surface area contributed by atoms with E-state index in [1.807, 2.05) is 31.2 Å². The van der Waals surface area contributed by atoms with Crippen molar-refractivity contribution < 1.29 is 9.53 Å². The Labute approximate surface area is 127 Å². The first kappa shape index (κ1) is 13.9. The summed E-state index contributed by atoms with van der Waals surface area (Å²) < 4.78 is 7.42. The number of ketones is 1. The maximum atomic E-state index is 12.4. The van der Waals surface area contributed by atoms with Crippen molar-refractivity contribution in [1.82, 2.24) is 9.78 Å². The zero-order valence-electron chi connectivity index (χ0n) is 11.9. The van der Waals surface area contributed by atoms with E-state index in [9.17, 15) is 4.79 Å². The van der Waals surface area contributed by atoms with Crippen molar-refractivity contribution in [2.45, 2.75) is 19.4 Å². The number of ether oxygens (including phenoxy) is 1. The second-order valence-corrected chi connectivity index (χ2v) is 5.47. The van der Waals surface area contributed by atoms with Crippen molar-refractivity contribution in [2.24, 2.45) is 7.05 Å². The number of benzene rings is 1. The predicted octanol–water partition coefficient (Wildman–Crippen LogP) is 2.37. The Morgan fingerprint density at radius 3 is 3.00 bits per heavy atom. The van der Waals surface area contributed by atoms with Gasteiger partial charge < -0.3 is 10.1 Å². The van der Waals surface area contributed by atoms with E-state index in [0.29, 0.717) is 17.3 Å². The van der Waals surface area contributed by atoms with Gasteiger partial charge in [-0.15, -0.1) is 0 Å². The van der Waals surface area contributed by atoms with E-state index in [0.717, 1.165) is 17.1 Å². The Balaban J connectivity index is 1.75. The molecule has 0 fully saturated rings. The predicted molar refractivity (Wildman–Crippen MR) is 81.0 cm³/mol. The van der Waals surface area contributed by atoms with Crippen molar-refractivity contribution in [3.8, 4) is 5.75 Å². The van der Waals surface area contributed by atoms with Gasteiger partial charge in [0.1, 0.15) is 5.75 Å². The number of hydrogen-bond donors (Lipinski definition) is 1. The van der Waals surface area contributed by atoms with E-state index >= 15 is 0 Å². The molecule has 0 amide bonds. The molecule has 0 spiro atoms. The maximum absolute atomic E-state index is 12.4. The van der Waals surface area contributed by atoms with Gasteiger partial charge in [0.15, 0.2) is 11.9 Å². The fourth-order valence-corrected chi connectivity index (χ4v) is 2.67. The number of Topliss-reactive ketones (excluding diaryl/α,β-unsaturated/α-hetero) is 1. The van der Waals surface area contributed by atoms with Gasteiger partial charge in [-0.2, -0.15) is 5.10 Å². The van der Waals surface area contributed by atoms with Crippen LogP contribution < -0.4 is 10.1 Å². The zero-order chi connectivity index (χ0) is 15.0. The van der Waals surface area contributed by atoms with Crippen molar-refractivity contribution in [1.29, 1.82) is 0 Å². The monoisotopic (exact) mass is 305 g/mol. The number of para-hydroxylation sites is 2. The number of carbonyl (C=O) groups is 1. The molecule has 3 rings (SSSR count). The average molecular weight is 306 g/mol. The first-order valence-corrected chi connectivity index (χ1v) is 7.14. The van der Waals surface area contributed by atoms with Crippen LogP contribution in [-0.2, 0) is 18.3 Å². The Bertz CT molecular complexity index is 696. The molecule has 1 aliphatic rings. The molecule has 1 aromatic heterocycles. The van der Waals surface area contributed by atoms with E-state index in [-0.39, 0.29) is 12.2 Å². The lowest BCUT2D eigenvalue weighted by Crippen LogP contribution is -2.38. The SMILES string of the molecule is Cc1nn(C)c(CC(=O)C2CNc3ccccc3O2)c1Cl. The lowest BCUT2D eigenvalue weighted by molar-refractivity contribution is -0.124. The van der Waals surface area contributed by atoms with Crippen molar-refractivity contribution >= 4 is 23.1 Å². The van der Waals surface area contributed by atoms with Gasteiger partial charge >= 0.3 is 0 Å². The number of aryl methyl sites for hydroxylation is 2. The lowest BCUT2D eigenvalue weighted by atomic mass is 10.1. The number of hydrogen-bond acceptors (Lipinski definition) is 4. The van der Waals surface area contributed by atoms with Gasteiger partial charge in [0.25, 0.3) is 0 Å². The van der Waals surface area contributed by atoms with E-state index in [4.69, 9.17) is 16.3 Å². The van der Waals surface area contributed by atoms with Gasteiger partial charge in [0.2, 0.25) is 0 Å². The second-order valence-electron chi connectivity index (χ2n) is 5.10. The molecule has 1 atom stereocenters. The molecule has 6 heteroatoms. The third kappa shape index (κ3) is 2.61. The smallest absolute Gasteiger partial charge is 0.181 e. The lowest BCUT2D eigenvalue weighted by Gasteiger charge is -2.26. The van der Waals surface area contributed by atoms with E-state index in [1.54, 1.807) is 11.7 Å². The van der Waals surface area contributed by atoms with E-state index < -0.39 is 6.10 Å². The van der Waals surface area contributed by atoms with E-state index in [1.165, 1.54) is 0 Å². The molecule has 0 aliphatic carbocycles. The zero-order valence-corrected chi connectivity index (χ0v) is 12.6. The fourth-order valence-electron chi connectivity index (χ4n) is 2.44. The van der Waals surface area contributed by atoms with Crippen LogP contribution in [-0.4, -0.2) is 28.2 Å². The summed E-state index contributed by atoms with van der Waals surface area (Å²) in [5.74, 6) is 0.691. The minimum atomic E-state index is -0.508. The van der Waals surface area contributed by atoms with Gasteiger partial charge in [0, 0.05) is 7.05 Å². The number of nitrogens with one attached hydrogen (secondary N) is 1. The van der Waals surface area contributed by atoms with E-state index in [2.05, 4.69) is 10.4 Å². The Morgan fingerprint density at radius 2 is 2.29 bits per heavy atom. The third-order valence-corrected chi connectivity index (χ3v) is 4.09. The molecule has 1 aromatic carbocycles. The molecule has 1 aliphatic heterocycles. The summed E-state index contributed by atoms with van der Waals surface area (Å²) in [6.45, 7) is 2.29. The number of halogens is 1. The molecule has 0 bridgehead atoms. The quantitative estimate of drug-likeness (QED) is 0.946. The number of carbonyl (C=O) groups excluding carboxylic acids is 1. The summed E-state index contributed by atoms with van der Waals surface area (Å²) in [5, 5.41) is 7.98. The third-order valence-electron chi connectivity index (χ3n) is 3.60. The highest BCUT2D eigenvalue weighted by atomic mass is 35.5. The number of rotatable bonds is 3. The highest BCUT2D eigenvalue weighted by Crippen LogP contribution is 2.29. The van der Waals surface area contributed by atoms with Crippen LogP contribution in [0.5, 0.6) is 5.75 Å². The maximum Gasteiger partial charge on any atom is 0.181 e. The van der Waals surface area contributed by atoms with Gasteiger partial charge in [-0.1, -0.05) is 23.7 Å². The van der Waals surface area contributed by atoms with Gasteiger partial charge in [0.05, 0.1) is 35.1 Å². The van der Waals surface area contributed by atoms with Crippen LogP contribution in [0.4, 0.5) is 5.69 Å². The summed E-state index contributed by atoms with van der Waals surface area (Å²) in [4.78, 5) is 12.4. The first-order chi connectivity index (χ1) is 10.1.